The molecule has 1 N–H and O–H groups in total. The molecule has 3 aromatic rings. The van der Waals surface area contributed by atoms with E-state index in [0.717, 1.165) is 0 Å². The number of carbonyl (C=O) groups excluding carboxylic acids is 1. The average molecular weight is 539 g/mol. The number of thiazole rings is 1. The van der Waals surface area contributed by atoms with Gasteiger partial charge in [0.2, 0.25) is 0 Å². The van der Waals surface area contributed by atoms with Crippen LogP contribution in [-0.2, 0) is 9.53 Å². The van der Waals surface area contributed by atoms with E-state index in [1.807, 2.05) is 19.9 Å². The molecule has 0 fully saturated rings. The zero-order valence-electron chi connectivity index (χ0n) is 21.9. The van der Waals surface area contributed by atoms with Crippen molar-refractivity contribution in [1.82, 2.24) is 4.57 Å². The first-order valence-corrected chi connectivity index (χ1v) is 13.1. The molecule has 0 unspecified atom stereocenters. The van der Waals surface area contributed by atoms with Crippen molar-refractivity contribution in [2.45, 2.75) is 33.7 Å². The quantitative estimate of drug-likeness (QED) is 0.417. The lowest BCUT2D eigenvalue weighted by molar-refractivity contribution is -0.139. The average Bonchev–Trinajstić information content (AvgIpc) is 3.19. The topological polar surface area (TPSA) is 109 Å². The van der Waals surface area contributed by atoms with Gasteiger partial charge in [0.25, 0.3) is 5.56 Å². The normalized spacial score (nSPS) is 15.1. The Hall–Kier alpha value is -4.05. The number of carbonyl (C=O) groups is 1. The predicted molar refractivity (Wildman–Crippen MR) is 144 cm³/mol. The molecule has 0 spiro atoms. The van der Waals surface area contributed by atoms with E-state index in [0.29, 0.717) is 56.6 Å². The number of aromatic hydroxyl groups is 1. The number of ether oxygens (including phenoxy) is 4. The Bertz CT molecular complexity index is 1570. The lowest BCUT2D eigenvalue weighted by Crippen LogP contribution is -2.40. The maximum atomic E-state index is 13.8. The molecule has 0 saturated heterocycles. The van der Waals surface area contributed by atoms with Crippen molar-refractivity contribution in [2.75, 3.05) is 26.9 Å². The van der Waals surface area contributed by atoms with Crippen molar-refractivity contribution in [3.63, 3.8) is 0 Å². The van der Waals surface area contributed by atoms with Crippen LogP contribution in [0.2, 0.25) is 0 Å². The second-order valence-electron chi connectivity index (χ2n) is 8.31. The van der Waals surface area contributed by atoms with Crippen molar-refractivity contribution in [1.29, 1.82) is 0 Å². The molecule has 0 radical (unpaired) electrons. The summed E-state index contributed by atoms with van der Waals surface area (Å²) >= 11 is 1.21. The minimum absolute atomic E-state index is 0.00131. The molecule has 10 heteroatoms. The standard InChI is InChI=1S/C28H30N2O7S/c1-6-35-20-12-10-18(15-22(20)36-7-2)25-24(27(33)37-8-3)16(4)29-28-30(25)26(32)23(38-28)14-17-9-11-19(31)21(13-17)34-5/h9-15,25,31H,6-8H2,1-5H3/b23-14-/t25-/m0/s1. The minimum atomic E-state index is -0.781. The monoisotopic (exact) mass is 538 g/mol. The molecule has 0 bridgehead atoms. The first-order chi connectivity index (χ1) is 18.3. The van der Waals surface area contributed by atoms with Crippen molar-refractivity contribution >= 4 is 23.4 Å². The van der Waals surface area contributed by atoms with Gasteiger partial charge in [-0.15, -0.1) is 0 Å². The molecule has 1 aromatic heterocycles. The van der Waals surface area contributed by atoms with Crippen LogP contribution in [0, 0.1) is 0 Å². The molecule has 1 atom stereocenters. The molecular weight excluding hydrogens is 508 g/mol. The summed E-state index contributed by atoms with van der Waals surface area (Å²) in [6.45, 7) is 8.29. The van der Waals surface area contributed by atoms with Gasteiger partial charge >= 0.3 is 5.97 Å². The third-order valence-electron chi connectivity index (χ3n) is 5.90. The van der Waals surface area contributed by atoms with Crippen molar-refractivity contribution in [3.05, 3.63) is 78.5 Å². The van der Waals surface area contributed by atoms with Gasteiger partial charge in [-0.05, 0) is 69.2 Å². The maximum Gasteiger partial charge on any atom is 0.338 e. The number of phenolic OH excluding ortho intramolecular Hbond substituents is 1. The van der Waals surface area contributed by atoms with Crippen LogP contribution in [-0.4, -0.2) is 42.6 Å². The number of allylic oxidation sites excluding steroid dienone is 1. The minimum Gasteiger partial charge on any atom is -0.504 e. The van der Waals surface area contributed by atoms with E-state index in [4.69, 9.17) is 18.9 Å². The molecule has 200 valence electrons. The second kappa shape index (κ2) is 11.6. The Morgan fingerprint density at radius 1 is 1.05 bits per heavy atom. The van der Waals surface area contributed by atoms with Crippen molar-refractivity contribution in [3.8, 4) is 23.0 Å². The molecule has 38 heavy (non-hydrogen) atoms. The van der Waals surface area contributed by atoms with E-state index in [1.165, 1.54) is 29.1 Å². The number of fused-ring (bicyclic) bond motifs is 1. The van der Waals surface area contributed by atoms with Gasteiger partial charge in [-0.1, -0.05) is 23.5 Å². The van der Waals surface area contributed by atoms with Crippen LogP contribution in [0.25, 0.3) is 6.08 Å². The molecule has 9 nitrogen and oxygen atoms in total. The van der Waals surface area contributed by atoms with Gasteiger partial charge in [-0.25, -0.2) is 9.79 Å². The SMILES string of the molecule is CCOC(=O)C1=C(C)N=c2s/c(=C\c3ccc(O)c(OC)c3)c(=O)n2[C@H]1c1ccc(OCC)c(OCC)c1. The number of benzene rings is 2. The van der Waals surface area contributed by atoms with Gasteiger partial charge in [0.1, 0.15) is 0 Å². The Kier molecular flexibility index (Phi) is 8.21. The molecule has 2 heterocycles. The number of phenols is 1. The number of nitrogens with zero attached hydrogens (tertiary/aromatic N) is 2. The maximum absolute atomic E-state index is 13.8. The lowest BCUT2D eigenvalue weighted by atomic mass is 9.95. The van der Waals surface area contributed by atoms with E-state index < -0.39 is 12.0 Å². The Labute approximate surface area is 223 Å². The van der Waals surface area contributed by atoms with Crippen molar-refractivity contribution in [2.24, 2.45) is 4.99 Å². The van der Waals surface area contributed by atoms with Crippen LogP contribution >= 0.6 is 11.3 Å². The molecule has 0 amide bonds. The first kappa shape index (κ1) is 27.0. The Morgan fingerprint density at radius 3 is 2.47 bits per heavy atom. The molecular formula is C28H30N2O7S. The molecule has 4 rings (SSSR count). The summed E-state index contributed by atoms with van der Waals surface area (Å²) in [6.07, 6.45) is 1.70. The van der Waals surface area contributed by atoms with Crippen LogP contribution in [0.3, 0.4) is 0 Å². The molecule has 1 aliphatic heterocycles. The number of methoxy groups -OCH3 is 1. The second-order valence-corrected chi connectivity index (χ2v) is 9.31. The summed E-state index contributed by atoms with van der Waals surface area (Å²) in [5.74, 6) is 0.848. The molecule has 2 aromatic carbocycles. The number of hydrogen-bond donors (Lipinski definition) is 1. The van der Waals surface area contributed by atoms with Crippen LogP contribution in [0.1, 0.15) is 44.9 Å². The third kappa shape index (κ3) is 5.17. The van der Waals surface area contributed by atoms with E-state index in [-0.39, 0.29) is 23.5 Å². The van der Waals surface area contributed by atoms with E-state index >= 15 is 0 Å². The Balaban J connectivity index is 1.94. The van der Waals surface area contributed by atoms with Gasteiger partial charge in [0, 0.05) is 0 Å². The number of esters is 1. The van der Waals surface area contributed by atoms with E-state index in [1.54, 1.807) is 44.2 Å². The molecule has 1 aliphatic rings. The Morgan fingerprint density at radius 2 is 1.79 bits per heavy atom. The van der Waals surface area contributed by atoms with Crippen LogP contribution in [0.5, 0.6) is 23.0 Å². The summed E-state index contributed by atoms with van der Waals surface area (Å²) < 4.78 is 24.0. The summed E-state index contributed by atoms with van der Waals surface area (Å²) in [7, 11) is 1.46. The number of hydrogen-bond acceptors (Lipinski definition) is 9. The zero-order valence-corrected chi connectivity index (χ0v) is 22.8. The largest absolute Gasteiger partial charge is 0.504 e. The highest BCUT2D eigenvalue weighted by molar-refractivity contribution is 7.07. The van der Waals surface area contributed by atoms with Gasteiger partial charge in [-0.2, -0.15) is 0 Å². The van der Waals surface area contributed by atoms with Gasteiger partial charge in [0.15, 0.2) is 27.8 Å². The highest BCUT2D eigenvalue weighted by Crippen LogP contribution is 2.36. The fraction of sp³-hybridized carbons (Fsp3) is 0.321. The highest BCUT2D eigenvalue weighted by atomic mass is 32.1. The van der Waals surface area contributed by atoms with Gasteiger partial charge < -0.3 is 24.1 Å². The third-order valence-corrected chi connectivity index (χ3v) is 6.88. The van der Waals surface area contributed by atoms with Crippen molar-refractivity contribution < 1.29 is 28.8 Å². The summed E-state index contributed by atoms with van der Waals surface area (Å²) in [6, 6.07) is 9.43. The van der Waals surface area contributed by atoms with Crippen LogP contribution in [0.15, 0.2) is 57.5 Å². The fourth-order valence-corrected chi connectivity index (χ4v) is 5.33. The van der Waals surface area contributed by atoms with E-state index in [2.05, 4.69) is 4.99 Å². The zero-order chi connectivity index (χ0) is 27.4. The summed E-state index contributed by atoms with van der Waals surface area (Å²) in [4.78, 5) is 32.0. The summed E-state index contributed by atoms with van der Waals surface area (Å²) in [5.41, 5.74) is 1.77. The first-order valence-electron chi connectivity index (χ1n) is 12.3. The van der Waals surface area contributed by atoms with Crippen LogP contribution < -0.4 is 29.1 Å². The number of aromatic nitrogens is 1. The molecule has 0 saturated carbocycles. The predicted octanol–water partition coefficient (Wildman–Crippen LogP) is 3.31. The van der Waals surface area contributed by atoms with Gasteiger partial charge in [0.05, 0.1) is 48.8 Å². The highest BCUT2D eigenvalue weighted by Gasteiger charge is 2.34. The van der Waals surface area contributed by atoms with Crippen LogP contribution in [0.4, 0.5) is 0 Å². The smallest absolute Gasteiger partial charge is 0.338 e. The summed E-state index contributed by atoms with van der Waals surface area (Å²) in [5, 5.41) is 9.93. The molecule has 0 aliphatic carbocycles. The fourth-order valence-electron chi connectivity index (χ4n) is 4.28. The number of rotatable bonds is 9. The van der Waals surface area contributed by atoms with Gasteiger partial charge in [-0.3, -0.25) is 9.36 Å². The lowest BCUT2D eigenvalue weighted by Gasteiger charge is -2.25. The van der Waals surface area contributed by atoms with E-state index in [9.17, 15) is 14.7 Å².